The van der Waals surface area contributed by atoms with Crippen molar-refractivity contribution in [2.45, 2.75) is 64.8 Å². The first-order valence-corrected chi connectivity index (χ1v) is 7.48. The molecule has 0 unspecified atom stereocenters. The molecule has 0 saturated carbocycles. The van der Waals surface area contributed by atoms with Gasteiger partial charge in [-0.1, -0.05) is 51.5 Å². The number of nitrogens with zero attached hydrogens (tertiary/aromatic N) is 1. The van der Waals surface area contributed by atoms with Gasteiger partial charge in [0.25, 0.3) is 0 Å². The normalized spacial score (nSPS) is 12.6. The van der Waals surface area contributed by atoms with Crippen molar-refractivity contribution in [1.29, 1.82) is 0 Å². The Labute approximate surface area is 112 Å². The number of hydrogen-bond acceptors (Lipinski definition) is 2. The quantitative estimate of drug-likeness (QED) is 0.617. The minimum Gasteiger partial charge on any atom is -0.310 e. The van der Waals surface area contributed by atoms with E-state index in [-0.39, 0.29) is 0 Å². The predicted molar refractivity (Wildman–Crippen MR) is 78.6 cm³/mol. The van der Waals surface area contributed by atoms with Crippen LogP contribution >= 0.6 is 0 Å². The van der Waals surface area contributed by atoms with E-state index in [2.05, 4.69) is 30.2 Å². The molecule has 2 nitrogen and oxygen atoms in total. The molecule has 18 heavy (non-hydrogen) atoms. The first-order valence-electron chi connectivity index (χ1n) is 7.48. The fourth-order valence-corrected chi connectivity index (χ4v) is 2.15. The van der Waals surface area contributed by atoms with Gasteiger partial charge < -0.3 is 5.32 Å². The molecule has 1 rings (SSSR count). The number of hydrogen-bond donors (Lipinski definition) is 1. The first kappa shape index (κ1) is 15.2. The number of aromatic nitrogens is 1. The van der Waals surface area contributed by atoms with Gasteiger partial charge in [0.1, 0.15) is 0 Å². The fourth-order valence-electron chi connectivity index (χ4n) is 2.15. The summed E-state index contributed by atoms with van der Waals surface area (Å²) in [5.74, 6) is 0. The van der Waals surface area contributed by atoms with Crippen LogP contribution in [0.3, 0.4) is 0 Å². The minimum atomic E-state index is 0.416. The summed E-state index contributed by atoms with van der Waals surface area (Å²) in [6.07, 6.45) is 13.4. The highest BCUT2D eigenvalue weighted by Crippen LogP contribution is 2.10. The summed E-state index contributed by atoms with van der Waals surface area (Å²) in [5.41, 5.74) is 1.28. The summed E-state index contributed by atoms with van der Waals surface area (Å²) in [4.78, 5) is 4.15. The maximum atomic E-state index is 4.15. The Balaban J connectivity index is 1.98. The summed E-state index contributed by atoms with van der Waals surface area (Å²) in [5, 5.41) is 3.56. The van der Waals surface area contributed by atoms with Crippen molar-refractivity contribution in [2.24, 2.45) is 0 Å². The van der Waals surface area contributed by atoms with E-state index in [0.717, 1.165) is 6.54 Å². The summed E-state index contributed by atoms with van der Waals surface area (Å²) >= 11 is 0. The second-order valence-corrected chi connectivity index (χ2v) is 5.08. The van der Waals surface area contributed by atoms with Crippen molar-refractivity contribution in [3.8, 4) is 0 Å². The van der Waals surface area contributed by atoms with Crippen LogP contribution in [-0.2, 0) is 0 Å². The van der Waals surface area contributed by atoms with Crippen LogP contribution in [0.15, 0.2) is 24.5 Å². The molecule has 0 aromatic carbocycles. The topological polar surface area (TPSA) is 24.9 Å². The summed E-state index contributed by atoms with van der Waals surface area (Å²) in [6.45, 7) is 5.59. The monoisotopic (exact) mass is 248 g/mol. The van der Waals surface area contributed by atoms with Crippen molar-refractivity contribution in [3.05, 3.63) is 30.1 Å². The molecule has 1 N–H and O–H groups in total. The zero-order chi connectivity index (χ0) is 13.1. The van der Waals surface area contributed by atoms with Gasteiger partial charge in [-0.25, -0.2) is 0 Å². The van der Waals surface area contributed by atoms with E-state index in [4.69, 9.17) is 0 Å². The molecule has 0 aliphatic rings. The molecule has 0 saturated heterocycles. The van der Waals surface area contributed by atoms with Gasteiger partial charge in [-0.15, -0.1) is 0 Å². The lowest BCUT2D eigenvalue weighted by Gasteiger charge is -2.13. The highest BCUT2D eigenvalue weighted by atomic mass is 14.9. The largest absolute Gasteiger partial charge is 0.310 e. The predicted octanol–water partition coefficient (Wildman–Crippen LogP) is 4.48. The summed E-state index contributed by atoms with van der Waals surface area (Å²) in [6, 6.07) is 4.55. The number of nitrogens with one attached hydrogen (secondary N) is 1. The van der Waals surface area contributed by atoms with E-state index in [1.54, 1.807) is 0 Å². The highest BCUT2D eigenvalue weighted by molar-refractivity contribution is 5.12. The average molecular weight is 248 g/mol. The van der Waals surface area contributed by atoms with Gasteiger partial charge in [-0.05, 0) is 31.5 Å². The second kappa shape index (κ2) is 10.1. The highest BCUT2D eigenvalue weighted by Gasteiger charge is 2.02. The van der Waals surface area contributed by atoms with Gasteiger partial charge in [0.2, 0.25) is 0 Å². The maximum absolute atomic E-state index is 4.15. The molecule has 102 valence electrons. The van der Waals surface area contributed by atoms with Gasteiger partial charge in [-0.2, -0.15) is 0 Å². The molecule has 0 aliphatic carbocycles. The molecule has 0 radical (unpaired) electrons. The third-order valence-corrected chi connectivity index (χ3v) is 3.42. The van der Waals surface area contributed by atoms with Gasteiger partial charge in [0.05, 0.1) is 0 Å². The molecule has 1 aromatic rings. The lowest BCUT2D eigenvalue weighted by Crippen LogP contribution is -2.19. The number of unbranched alkanes of at least 4 members (excludes halogenated alkanes) is 6. The van der Waals surface area contributed by atoms with Crippen LogP contribution in [0.2, 0.25) is 0 Å². The fraction of sp³-hybridized carbons (Fsp3) is 0.688. The molecular weight excluding hydrogens is 220 g/mol. The van der Waals surface area contributed by atoms with Crippen LogP contribution in [-0.4, -0.2) is 11.5 Å². The molecule has 0 bridgehead atoms. The molecule has 1 atom stereocenters. The van der Waals surface area contributed by atoms with Crippen molar-refractivity contribution >= 4 is 0 Å². The maximum Gasteiger partial charge on any atom is 0.0315 e. The Morgan fingerprint density at radius 3 is 2.50 bits per heavy atom. The van der Waals surface area contributed by atoms with Gasteiger partial charge in [0.15, 0.2) is 0 Å². The van der Waals surface area contributed by atoms with Crippen LogP contribution in [0.5, 0.6) is 0 Å². The molecule has 0 fully saturated rings. The molecule has 0 aliphatic heterocycles. The number of pyridine rings is 1. The second-order valence-electron chi connectivity index (χ2n) is 5.08. The van der Waals surface area contributed by atoms with Gasteiger partial charge in [0, 0.05) is 18.4 Å². The van der Waals surface area contributed by atoms with Crippen molar-refractivity contribution in [1.82, 2.24) is 10.3 Å². The Bertz CT molecular complexity index is 284. The molecule has 1 heterocycles. The van der Waals surface area contributed by atoms with Crippen LogP contribution in [0, 0.1) is 0 Å². The van der Waals surface area contributed by atoms with Crippen LogP contribution in [0.1, 0.15) is 70.4 Å². The Morgan fingerprint density at radius 1 is 1.11 bits per heavy atom. The summed E-state index contributed by atoms with van der Waals surface area (Å²) < 4.78 is 0. The first-order chi connectivity index (χ1) is 8.84. The SMILES string of the molecule is CCCCCCCCCN[C@@H](C)c1cccnc1. The Morgan fingerprint density at radius 2 is 1.83 bits per heavy atom. The van der Waals surface area contributed by atoms with Gasteiger partial charge in [-0.3, -0.25) is 4.98 Å². The van der Waals surface area contributed by atoms with E-state index in [1.165, 1.54) is 50.5 Å². The zero-order valence-electron chi connectivity index (χ0n) is 12.0. The molecular formula is C16H28N2. The van der Waals surface area contributed by atoms with Crippen LogP contribution in [0.25, 0.3) is 0 Å². The van der Waals surface area contributed by atoms with Crippen molar-refractivity contribution < 1.29 is 0 Å². The van der Waals surface area contributed by atoms with E-state index in [9.17, 15) is 0 Å². The lowest BCUT2D eigenvalue weighted by molar-refractivity contribution is 0.523. The van der Waals surface area contributed by atoms with E-state index in [1.807, 2.05) is 18.5 Å². The molecule has 0 amide bonds. The van der Waals surface area contributed by atoms with E-state index in [0.29, 0.717) is 6.04 Å². The Kier molecular flexibility index (Phi) is 8.49. The number of rotatable bonds is 10. The Hall–Kier alpha value is -0.890. The zero-order valence-corrected chi connectivity index (χ0v) is 12.0. The third-order valence-electron chi connectivity index (χ3n) is 3.42. The van der Waals surface area contributed by atoms with E-state index < -0.39 is 0 Å². The van der Waals surface area contributed by atoms with E-state index >= 15 is 0 Å². The van der Waals surface area contributed by atoms with Crippen LogP contribution < -0.4 is 5.32 Å². The molecule has 2 heteroatoms. The van der Waals surface area contributed by atoms with Crippen LogP contribution in [0.4, 0.5) is 0 Å². The molecule has 0 spiro atoms. The van der Waals surface area contributed by atoms with Crippen molar-refractivity contribution in [2.75, 3.05) is 6.54 Å². The lowest BCUT2D eigenvalue weighted by atomic mass is 10.1. The van der Waals surface area contributed by atoms with Gasteiger partial charge >= 0.3 is 0 Å². The smallest absolute Gasteiger partial charge is 0.0315 e. The minimum absolute atomic E-state index is 0.416. The standard InChI is InChI=1S/C16H28N2/c1-3-4-5-6-7-8-9-13-18-15(2)16-11-10-12-17-14-16/h10-12,14-15,18H,3-9,13H2,1-2H3/t15-/m0/s1. The molecule has 1 aromatic heterocycles. The summed E-state index contributed by atoms with van der Waals surface area (Å²) in [7, 11) is 0. The van der Waals surface area contributed by atoms with Crippen molar-refractivity contribution in [3.63, 3.8) is 0 Å². The average Bonchev–Trinajstić information content (AvgIpc) is 2.42. The third kappa shape index (κ3) is 6.75.